The predicted octanol–water partition coefficient (Wildman–Crippen LogP) is 5.75. The van der Waals surface area contributed by atoms with Crippen molar-refractivity contribution in [3.05, 3.63) is 70.8 Å². The van der Waals surface area contributed by atoms with E-state index in [1.54, 1.807) is 27.7 Å². The number of rotatable bonds is 10. The zero-order chi connectivity index (χ0) is 25.6. The van der Waals surface area contributed by atoms with E-state index in [0.717, 1.165) is 56.8 Å². The molecular formula is C29H38F2N2O2. The van der Waals surface area contributed by atoms with Crippen molar-refractivity contribution in [1.82, 2.24) is 9.80 Å². The van der Waals surface area contributed by atoms with Crippen molar-refractivity contribution >= 4 is 11.6 Å². The van der Waals surface area contributed by atoms with Gasteiger partial charge in [0.15, 0.2) is 11.6 Å². The van der Waals surface area contributed by atoms with Gasteiger partial charge in [-0.05, 0) is 30.6 Å². The summed E-state index contributed by atoms with van der Waals surface area (Å²) in [6.07, 6.45) is 1.06. The summed E-state index contributed by atoms with van der Waals surface area (Å²) in [5.74, 6) is -0.332. The first-order valence-electron chi connectivity index (χ1n) is 12.4. The second-order valence-electron chi connectivity index (χ2n) is 11.0. The number of nitrogens with zero attached hydrogens (tertiary/aromatic N) is 2. The van der Waals surface area contributed by atoms with E-state index in [0.29, 0.717) is 11.1 Å². The Morgan fingerprint density at radius 1 is 0.657 bits per heavy atom. The Kier molecular flexibility index (Phi) is 8.94. The summed E-state index contributed by atoms with van der Waals surface area (Å²) in [6, 6.07) is 15.1. The second-order valence-corrected chi connectivity index (χ2v) is 11.0. The SMILES string of the molecule is CC(C)(CF)C(=O)c1ccc(CN2CCCN(Cc3ccc(C(=O)C(C)(C)CF)cc3)CC2)cc1. The van der Waals surface area contributed by atoms with Crippen LogP contribution >= 0.6 is 0 Å². The van der Waals surface area contributed by atoms with Gasteiger partial charge in [0, 0.05) is 37.3 Å². The molecule has 1 heterocycles. The van der Waals surface area contributed by atoms with Crippen molar-refractivity contribution in [2.24, 2.45) is 10.8 Å². The molecule has 1 aliphatic rings. The normalized spacial score (nSPS) is 16.2. The summed E-state index contributed by atoms with van der Waals surface area (Å²) in [5.41, 5.74) is 1.42. The number of carbonyl (C=O) groups is 2. The standard InChI is InChI=1S/C29H38F2N2O2/c1-28(2,20-30)26(34)24-10-6-22(7-11-24)18-32-14-5-15-33(17-16-32)19-23-8-12-25(13-9-23)27(35)29(3,4)21-31/h6-13H,5,14-21H2,1-4H3. The minimum absolute atomic E-state index is 0.166. The molecule has 1 fully saturated rings. The molecule has 0 amide bonds. The van der Waals surface area contributed by atoms with Crippen molar-refractivity contribution in [2.75, 3.05) is 39.5 Å². The van der Waals surface area contributed by atoms with E-state index in [9.17, 15) is 18.4 Å². The number of carbonyl (C=O) groups excluding carboxylic acids is 2. The van der Waals surface area contributed by atoms with Gasteiger partial charge < -0.3 is 0 Å². The number of Topliss-reactive ketones (excluding diaryl/α,β-unsaturated/α-hetero) is 2. The number of benzene rings is 2. The monoisotopic (exact) mass is 484 g/mol. The molecule has 6 heteroatoms. The van der Waals surface area contributed by atoms with E-state index in [2.05, 4.69) is 9.80 Å². The average Bonchev–Trinajstić information content (AvgIpc) is 3.08. The fraction of sp³-hybridized carbons (Fsp3) is 0.517. The number of hydrogen-bond donors (Lipinski definition) is 0. The van der Waals surface area contributed by atoms with Gasteiger partial charge in [-0.25, -0.2) is 0 Å². The summed E-state index contributed by atoms with van der Waals surface area (Å²) >= 11 is 0. The van der Waals surface area contributed by atoms with Gasteiger partial charge in [-0.1, -0.05) is 76.2 Å². The second kappa shape index (κ2) is 11.5. The van der Waals surface area contributed by atoms with Crippen molar-refractivity contribution in [3.8, 4) is 0 Å². The van der Waals surface area contributed by atoms with Gasteiger partial charge in [0.05, 0.1) is 10.8 Å². The third kappa shape index (κ3) is 7.05. The molecule has 1 aliphatic heterocycles. The number of hydrogen-bond acceptors (Lipinski definition) is 4. The molecule has 0 aromatic heterocycles. The minimum Gasteiger partial charge on any atom is -0.298 e. The molecule has 190 valence electrons. The highest BCUT2D eigenvalue weighted by Gasteiger charge is 2.29. The molecule has 0 aliphatic carbocycles. The molecule has 3 rings (SSSR count). The van der Waals surface area contributed by atoms with E-state index in [4.69, 9.17) is 0 Å². The molecule has 0 spiro atoms. The van der Waals surface area contributed by atoms with Gasteiger partial charge >= 0.3 is 0 Å². The molecule has 1 saturated heterocycles. The maximum atomic E-state index is 13.2. The van der Waals surface area contributed by atoms with Crippen molar-refractivity contribution in [3.63, 3.8) is 0 Å². The number of ketones is 2. The zero-order valence-corrected chi connectivity index (χ0v) is 21.4. The zero-order valence-electron chi connectivity index (χ0n) is 21.4. The van der Waals surface area contributed by atoms with E-state index in [-0.39, 0.29) is 11.6 Å². The van der Waals surface area contributed by atoms with Crippen LogP contribution in [0.4, 0.5) is 8.78 Å². The molecule has 0 bridgehead atoms. The van der Waals surface area contributed by atoms with Crippen LogP contribution in [0.2, 0.25) is 0 Å². The molecule has 4 nitrogen and oxygen atoms in total. The topological polar surface area (TPSA) is 40.6 Å². The molecule has 0 N–H and O–H groups in total. The molecule has 0 atom stereocenters. The molecule has 35 heavy (non-hydrogen) atoms. The van der Waals surface area contributed by atoms with Gasteiger partial charge in [0.25, 0.3) is 0 Å². The number of alkyl halides is 2. The molecule has 2 aromatic rings. The maximum absolute atomic E-state index is 13.2. The Morgan fingerprint density at radius 3 is 1.31 bits per heavy atom. The third-order valence-corrected chi connectivity index (χ3v) is 6.82. The van der Waals surface area contributed by atoms with Gasteiger partial charge in [0.1, 0.15) is 13.3 Å². The first-order valence-corrected chi connectivity index (χ1v) is 12.4. The maximum Gasteiger partial charge on any atom is 0.171 e. The Morgan fingerprint density at radius 2 is 1.00 bits per heavy atom. The highest BCUT2D eigenvalue weighted by Crippen LogP contribution is 2.24. The predicted molar refractivity (Wildman–Crippen MR) is 136 cm³/mol. The molecule has 0 radical (unpaired) electrons. The average molecular weight is 485 g/mol. The lowest BCUT2D eigenvalue weighted by Gasteiger charge is -2.23. The molecule has 0 saturated carbocycles. The van der Waals surface area contributed by atoms with Crippen LogP contribution in [0.25, 0.3) is 0 Å². The van der Waals surface area contributed by atoms with Crippen molar-refractivity contribution in [1.29, 1.82) is 0 Å². The highest BCUT2D eigenvalue weighted by atomic mass is 19.1. The van der Waals surface area contributed by atoms with Crippen LogP contribution in [0.1, 0.15) is 66.0 Å². The lowest BCUT2D eigenvalue weighted by atomic mass is 9.85. The van der Waals surface area contributed by atoms with Crippen LogP contribution in [-0.4, -0.2) is 60.9 Å². The van der Waals surface area contributed by atoms with Crippen molar-refractivity contribution < 1.29 is 18.4 Å². The first kappa shape index (κ1) is 27.2. The minimum atomic E-state index is -0.989. The van der Waals surface area contributed by atoms with E-state index in [1.807, 2.05) is 48.5 Å². The van der Waals surface area contributed by atoms with E-state index in [1.165, 1.54) is 0 Å². The Bertz CT molecular complexity index is 919. The van der Waals surface area contributed by atoms with Gasteiger partial charge in [-0.2, -0.15) is 0 Å². The largest absolute Gasteiger partial charge is 0.298 e. The Balaban J connectivity index is 1.52. The van der Waals surface area contributed by atoms with Crippen LogP contribution in [0.3, 0.4) is 0 Å². The summed E-state index contributed by atoms with van der Waals surface area (Å²) in [6.45, 7) is 10.7. The summed E-state index contributed by atoms with van der Waals surface area (Å²) in [7, 11) is 0. The summed E-state index contributed by atoms with van der Waals surface area (Å²) in [4.78, 5) is 29.7. The fourth-order valence-electron chi connectivity index (χ4n) is 4.28. The van der Waals surface area contributed by atoms with Crippen LogP contribution in [-0.2, 0) is 13.1 Å². The molecule has 2 aromatic carbocycles. The highest BCUT2D eigenvalue weighted by molar-refractivity contribution is 6.00. The van der Waals surface area contributed by atoms with E-state index >= 15 is 0 Å². The lowest BCUT2D eigenvalue weighted by molar-refractivity contribution is 0.0794. The summed E-state index contributed by atoms with van der Waals surface area (Å²) < 4.78 is 26.3. The first-order chi connectivity index (χ1) is 16.6. The van der Waals surface area contributed by atoms with Gasteiger partial charge in [-0.3, -0.25) is 28.2 Å². The van der Waals surface area contributed by atoms with Crippen molar-refractivity contribution in [2.45, 2.75) is 47.2 Å². The van der Waals surface area contributed by atoms with Crippen LogP contribution in [0, 0.1) is 10.8 Å². The number of halogens is 2. The smallest absolute Gasteiger partial charge is 0.171 e. The van der Waals surface area contributed by atoms with E-state index < -0.39 is 24.2 Å². The van der Waals surface area contributed by atoms with Crippen LogP contribution in [0.5, 0.6) is 0 Å². The van der Waals surface area contributed by atoms with Crippen LogP contribution in [0.15, 0.2) is 48.5 Å². The van der Waals surface area contributed by atoms with Gasteiger partial charge in [0.2, 0.25) is 0 Å². The van der Waals surface area contributed by atoms with Gasteiger partial charge in [-0.15, -0.1) is 0 Å². The van der Waals surface area contributed by atoms with Crippen LogP contribution < -0.4 is 0 Å². The summed E-state index contributed by atoms with van der Waals surface area (Å²) in [5, 5.41) is 0. The quantitative estimate of drug-likeness (QED) is 0.403. The lowest BCUT2D eigenvalue weighted by Crippen LogP contribution is -2.30. The Hall–Kier alpha value is -2.44. The Labute approximate surface area is 208 Å². The molecular weight excluding hydrogens is 446 g/mol. The fourth-order valence-corrected chi connectivity index (χ4v) is 4.28. The molecule has 0 unspecified atom stereocenters. The third-order valence-electron chi connectivity index (χ3n) is 6.82.